The van der Waals surface area contributed by atoms with E-state index in [1.54, 1.807) is 31.2 Å². The van der Waals surface area contributed by atoms with Gasteiger partial charge in [0.2, 0.25) is 5.88 Å². The summed E-state index contributed by atoms with van der Waals surface area (Å²) in [5.41, 5.74) is 1.25. The number of aromatic nitrogens is 3. The van der Waals surface area contributed by atoms with Gasteiger partial charge in [-0.3, -0.25) is 9.59 Å². The highest BCUT2D eigenvalue weighted by atomic mass is 35.5. The number of pyridine rings is 1. The maximum Gasteiger partial charge on any atom is 0.274 e. The molecule has 0 aliphatic rings. The Labute approximate surface area is 223 Å². The number of halogens is 2. The summed E-state index contributed by atoms with van der Waals surface area (Å²) < 4.78 is 12.0. The maximum absolute atomic E-state index is 13.6. The number of hydrogen-bond acceptors (Lipinski definition) is 6. The monoisotopic (exact) mass is 541 g/mol. The second kappa shape index (κ2) is 11.1. The van der Waals surface area contributed by atoms with Crippen LogP contribution in [0.2, 0.25) is 10.0 Å². The van der Waals surface area contributed by atoms with Crippen LogP contribution in [0.15, 0.2) is 59.5 Å². The first-order valence-corrected chi connectivity index (χ1v) is 12.2. The van der Waals surface area contributed by atoms with Crippen molar-refractivity contribution in [1.82, 2.24) is 20.1 Å². The lowest BCUT2D eigenvalue weighted by molar-refractivity contribution is 0.0931. The molecule has 37 heavy (non-hydrogen) atoms. The number of nitrogens with zero attached hydrogens (tertiary/aromatic N) is 3. The number of anilines is 1. The van der Waals surface area contributed by atoms with E-state index in [1.165, 1.54) is 35.5 Å². The molecule has 1 unspecified atom stereocenters. The van der Waals surface area contributed by atoms with Gasteiger partial charge in [-0.1, -0.05) is 37.0 Å². The second-order valence-electron chi connectivity index (χ2n) is 8.76. The van der Waals surface area contributed by atoms with Gasteiger partial charge in [0.25, 0.3) is 11.8 Å². The summed E-state index contributed by atoms with van der Waals surface area (Å²) >= 11 is 12.6. The van der Waals surface area contributed by atoms with Crippen LogP contribution in [0.5, 0.6) is 11.6 Å². The molecule has 2 N–H and O–H groups in total. The average Bonchev–Trinajstić information content (AvgIpc) is 3.51. The molecule has 4 rings (SSSR count). The van der Waals surface area contributed by atoms with Crippen LogP contribution in [0.3, 0.4) is 0 Å². The van der Waals surface area contributed by atoms with Crippen LogP contribution in [-0.4, -0.2) is 32.6 Å². The number of nitrogens with one attached hydrogen (secondary N) is 2. The van der Waals surface area contributed by atoms with Crippen LogP contribution in [0.1, 0.15) is 47.2 Å². The number of furan rings is 1. The van der Waals surface area contributed by atoms with E-state index < -0.39 is 5.91 Å². The largest absolute Gasteiger partial charge is 0.469 e. The number of rotatable bonds is 8. The molecule has 1 atom stereocenters. The fourth-order valence-corrected chi connectivity index (χ4v) is 3.89. The Morgan fingerprint density at radius 2 is 1.89 bits per heavy atom. The maximum atomic E-state index is 13.6. The number of carbonyl (C=O) groups is 2. The molecule has 9 nitrogen and oxygen atoms in total. The summed E-state index contributed by atoms with van der Waals surface area (Å²) in [6, 6.07) is 9.44. The summed E-state index contributed by atoms with van der Waals surface area (Å²) in [7, 11) is 0. The molecule has 3 heterocycles. The van der Waals surface area contributed by atoms with Crippen LogP contribution in [-0.2, 0) is 0 Å². The third-order valence-electron chi connectivity index (χ3n) is 5.72. The summed E-state index contributed by atoms with van der Waals surface area (Å²) in [4.78, 5) is 31.0. The summed E-state index contributed by atoms with van der Waals surface area (Å²) in [5, 5.41) is 10.8. The molecule has 3 aromatic heterocycles. The van der Waals surface area contributed by atoms with E-state index in [4.69, 9.17) is 32.4 Å². The number of benzene rings is 1. The molecule has 0 bridgehead atoms. The van der Waals surface area contributed by atoms with Crippen molar-refractivity contribution in [3.63, 3.8) is 0 Å². The quantitative estimate of drug-likeness (QED) is 0.271. The van der Waals surface area contributed by atoms with Crippen molar-refractivity contribution in [3.05, 3.63) is 82.0 Å². The smallest absolute Gasteiger partial charge is 0.274 e. The Morgan fingerprint density at radius 1 is 1.11 bits per heavy atom. The molecule has 0 radical (unpaired) electrons. The van der Waals surface area contributed by atoms with E-state index in [0.29, 0.717) is 22.0 Å². The van der Waals surface area contributed by atoms with Gasteiger partial charge in [0.1, 0.15) is 12.0 Å². The molecular weight excluding hydrogens is 517 g/mol. The van der Waals surface area contributed by atoms with Crippen molar-refractivity contribution in [2.24, 2.45) is 5.92 Å². The van der Waals surface area contributed by atoms with Crippen molar-refractivity contribution >= 4 is 40.7 Å². The molecule has 0 fully saturated rings. The fourth-order valence-electron chi connectivity index (χ4n) is 3.41. The van der Waals surface area contributed by atoms with Gasteiger partial charge in [-0.05, 0) is 49.6 Å². The normalized spacial score (nSPS) is 11.9. The average molecular weight is 542 g/mol. The minimum atomic E-state index is -0.562. The van der Waals surface area contributed by atoms with Crippen LogP contribution in [0, 0.1) is 12.8 Å². The molecule has 192 valence electrons. The first-order chi connectivity index (χ1) is 17.6. The summed E-state index contributed by atoms with van der Waals surface area (Å²) in [6.45, 7) is 7.67. The van der Waals surface area contributed by atoms with E-state index in [9.17, 15) is 9.59 Å². The predicted molar refractivity (Wildman–Crippen MR) is 141 cm³/mol. The van der Waals surface area contributed by atoms with Gasteiger partial charge in [0.15, 0.2) is 11.6 Å². The highest BCUT2D eigenvalue weighted by Crippen LogP contribution is 2.29. The van der Waals surface area contributed by atoms with Crippen molar-refractivity contribution in [3.8, 4) is 17.4 Å². The molecule has 0 spiro atoms. The molecule has 0 aliphatic carbocycles. The van der Waals surface area contributed by atoms with Gasteiger partial charge >= 0.3 is 0 Å². The number of amides is 2. The van der Waals surface area contributed by atoms with Crippen molar-refractivity contribution in [1.29, 1.82) is 0 Å². The Bertz CT molecular complexity index is 1430. The first kappa shape index (κ1) is 26.2. The van der Waals surface area contributed by atoms with E-state index in [-0.39, 0.29) is 45.8 Å². The lowest BCUT2D eigenvalue weighted by Gasteiger charge is -2.20. The van der Waals surface area contributed by atoms with Gasteiger partial charge in [-0.15, -0.1) is 5.10 Å². The third kappa shape index (κ3) is 5.95. The third-order valence-corrected chi connectivity index (χ3v) is 6.23. The van der Waals surface area contributed by atoms with E-state index in [0.717, 1.165) is 0 Å². The Balaban J connectivity index is 1.73. The molecule has 0 aliphatic heterocycles. The number of carbonyl (C=O) groups excluding carboxylic acids is 2. The minimum absolute atomic E-state index is 0.0790. The summed E-state index contributed by atoms with van der Waals surface area (Å²) in [6.07, 6.45) is 4.38. The van der Waals surface area contributed by atoms with E-state index >= 15 is 0 Å². The molecule has 1 aromatic carbocycles. The zero-order valence-electron chi connectivity index (χ0n) is 20.6. The van der Waals surface area contributed by atoms with E-state index in [1.807, 2.05) is 20.8 Å². The van der Waals surface area contributed by atoms with Crippen LogP contribution < -0.4 is 15.4 Å². The van der Waals surface area contributed by atoms with Crippen molar-refractivity contribution in [2.45, 2.75) is 33.7 Å². The van der Waals surface area contributed by atoms with Crippen LogP contribution in [0.4, 0.5) is 5.69 Å². The predicted octanol–water partition coefficient (Wildman–Crippen LogP) is 6.29. The van der Waals surface area contributed by atoms with Crippen LogP contribution in [0.25, 0.3) is 5.82 Å². The fraction of sp³-hybridized carbons (Fsp3) is 0.231. The molecule has 2 amide bonds. The molecule has 11 heteroatoms. The second-order valence-corrected chi connectivity index (χ2v) is 9.60. The summed E-state index contributed by atoms with van der Waals surface area (Å²) in [5.74, 6) is 0.0432. The topological polar surface area (TPSA) is 111 Å². The van der Waals surface area contributed by atoms with Crippen molar-refractivity contribution in [2.75, 3.05) is 5.32 Å². The Kier molecular flexibility index (Phi) is 7.85. The zero-order valence-corrected chi connectivity index (χ0v) is 22.1. The zero-order chi connectivity index (χ0) is 26.7. The highest BCUT2D eigenvalue weighted by Gasteiger charge is 2.24. The molecule has 0 saturated carbocycles. The van der Waals surface area contributed by atoms with Gasteiger partial charge in [0.05, 0.1) is 22.5 Å². The minimum Gasteiger partial charge on any atom is -0.469 e. The number of hydrogen-bond donors (Lipinski definition) is 2. The van der Waals surface area contributed by atoms with Gasteiger partial charge in [-0.2, -0.15) is 0 Å². The van der Waals surface area contributed by atoms with Crippen LogP contribution >= 0.6 is 23.2 Å². The highest BCUT2D eigenvalue weighted by molar-refractivity contribution is 6.32. The van der Waals surface area contributed by atoms with E-state index in [2.05, 4.69) is 20.7 Å². The molecule has 4 aromatic rings. The number of aryl methyl sites for hydroxylation is 1. The lowest BCUT2D eigenvalue weighted by Crippen LogP contribution is -2.36. The standard InChI is InChI=1S/C26H25Cl2N5O4/c1-14(2)16(4)30-25(34)19-11-17(27)10-15(3)23(19)31-26(35)21-12-22(37-18-7-9-36-13-18)32-33(21)24-20(28)6-5-8-29-24/h5-14,16H,1-4H3,(H,30,34)(H,31,35). The van der Waals surface area contributed by atoms with Gasteiger partial charge in [-0.25, -0.2) is 9.67 Å². The first-order valence-electron chi connectivity index (χ1n) is 11.5. The Hall–Kier alpha value is -3.82. The van der Waals surface area contributed by atoms with Gasteiger partial charge < -0.3 is 19.8 Å². The lowest BCUT2D eigenvalue weighted by atomic mass is 10.0. The molecular formula is C26H25Cl2N5O4. The number of ether oxygens (including phenoxy) is 1. The van der Waals surface area contributed by atoms with Crippen molar-refractivity contribution < 1.29 is 18.7 Å². The SMILES string of the molecule is Cc1cc(Cl)cc(C(=O)NC(C)C(C)C)c1NC(=O)c1cc(Oc2ccoc2)nn1-c1ncccc1Cl. The Morgan fingerprint density at radius 3 is 2.57 bits per heavy atom. The van der Waals surface area contributed by atoms with Gasteiger partial charge in [0, 0.05) is 29.4 Å². The molecule has 0 saturated heterocycles.